The van der Waals surface area contributed by atoms with Crippen LogP contribution in [0, 0.1) is 29.6 Å². The van der Waals surface area contributed by atoms with Crippen molar-refractivity contribution in [2.24, 2.45) is 29.6 Å². The zero-order chi connectivity index (χ0) is 14.1. The Morgan fingerprint density at radius 1 is 0.611 bits per heavy atom. The van der Waals surface area contributed by atoms with Gasteiger partial charge < -0.3 is 0 Å². The van der Waals surface area contributed by atoms with Gasteiger partial charge in [0.15, 0.2) is 0 Å². The van der Waals surface area contributed by atoms with Crippen LogP contribution in [0.1, 0.15) is 87.0 Å². The van der Waals surface area contributed by atoms with E-state index in [-0.39, 0.29) is 0 Å². The summed E-state index contributed by atoms with van der Waals surface area (Å²) in [4.78, 5) is 0. The summed E-state index contributed by atoms with van der Waals surface area (Å²) in [6, 6.07) is 0. The molecule has 0 N–H and O–H groups in total. The molecule has 110 valence electrons. The standard InChI is InChI=1S/C18H38/c1-8-15(5)10-11-16(6)12-13-18(14(3)4)17(7)9-2/h14-18H,8-13H2,1-7H3. The van der Waals surface area contributed by atoms with Gasteiger partial charge in [0.05, 0.1) is 0 Å². The van der Waals surface area contributed by atoms with Gasteiger partial charge in [-0.25, -0.2) is 0 Å². The zero-order valence-electron chi connectivity index (χ0n) is 14.1. The Morgan fingerprint density at radius 2 is 1.11 bits per heavy atom. The van der Waals surface area contributed by atoms with Gasteiger partial charge in [0.1, 0.15) is 0 Å². The van der Waals surface area contributed by atoms with E-state index in [1.807, 2.05) is 0 Å². The highest BCUT2D eigenvalue weighted by atomic mass is 14.3. The van der Waals surface area contributed by atoms with E-state index in [0.29, 0.717) is 0 Å². The van der Waals surface area contributed by atoms with Gasteiger partial charge in [0.2, 0.25) is 0 Å². The van der Waals surface area contributed by atoms with Crippen LogP contribution >= 0.6 is 0 Å². The van der Waals surface area contributed by atoms with Crippen molar-refractivity contribution in [3.63, 3.8) is 0 Å². The van der Waals surface area contributed by atoms with Gasteiger partial charge in [0.25, 0.3) is 0 Å². The second-order valence-electron chi connectivity index (χ2n) is 7.07. The first kappa shape index (κ1) is 18.0. The Morgan fingerprint density at radius 3 is 1.56 bits per heavy atom. The van der Waals surface area contributed by atoms with Crippen molar-refractivity contribution in [1.82, 2.24) is 0 Å². The summed E-state index contributed by atoms with van der Waals surface area (Å²) in [6.07, 6.45) is 8.41. The Balaban J connectivity index is 3.96. The molecule has 0 aromatic heterocycles. The van der Waals surface area contributed by atoms with Gasteiger partial charge in [-0.3, -0.25) is 0 Å². The SMILES string of the molecule is CCC(C)CCC(C)CCC(C(C)C)C(C)CC. The van der Waals surface area contributed by atoms with Crippen molar-refractivity contribution < 1.29 is 0 Å². The molecule has 0 aromatic rings. The lowest BCUT2D eigenvalue weighted by Gasteiger charge is -2.28. The molecule has 0 aliphatic heterocycles. The summed E-state index contributed by atoms with van der Waals surface area (Å²) in [6.45, 7) is 16.7. The molecule has 0 saturated carbocycles. The smallest absolute Gasteiger partial charge is 0.0365 e. The number of hydrogen-bond acceptors (Lipinski definition) is 0. The lowest BCUT2D eigenvalue weighted by Crippen LogP contribution is -2.18. The predicted molar refractivity (Wildman–Crippen MR) is 84.9 cm³/mol. The van der Waals surface area contributed by atoms with Crippen LogP contribution in [-0.2, 0) is 0 Å². The summed E-state index contributed by atoms with van der Waals surface area (Å²) in [5.74, 6) is 4.52. The minimum atomic E-state index is 0.849. The van der Waals surface area contributed by atoms with Gasteiger partial charge in [-0.2, -0.15) is 0 Å². The largest absolute Gasteiger partial charge is 0.0651 e. The molecular weight excluding hydrogens is 216 g/mol. The Hall–Kier alpha value is 0. The highest BCUT2D eigenvalue weighted by molar-refractivity contribution is 4.70. The quantitative estimate of drug-likeness (QED) is 0.415. The maximum absolute atomic E-state index is 2.45. The van der Waals surface area contributed by atoms with Crippen molar-refractivity contribution in [3.8, 4) is 0 Å². The van der Waals surface area contributed by atoms with Crippen molar-refractivity contribution >= 4 is 0 Å². The molecule has 18 heavy (non-hydrogen) atoms. The molecule has 4 unspecified atom stereocenters. The van der Waals surface area contributed by atoms with Crippen LogP contribution < -0.4 is 0 Å². The third-order valence-corrected chi connectivity index (χ3v) is 5.07. The van der Waals surface area contributed by atoms with Crippen molar-refractivity contribution in [2.75, 3.05) is 0 Å². The fourth-order valence-electron chi connectivity index (χ4n) is 2.97. The molecular formula is C18H38. The predicted octanol–water partition coefficient (Wildman–Crippen LogP) is 6.55. The van der Waals surface area contributed by atoms with Gasteiger partial charge in [0, 0.05) is 0 Å². The topological polar surface area (TPSA) is 0 Å². The van der Waals surface area contributed by atoms with Crippen LogP contribution in [0.2, 0.25) is 0 Å². The van der Waals surface area contributed by atoms with Crippen LogP contribution in [0.25, 0.3) is 0 Å². The lowest BCUT2D eigenvalue weighted by atomic mass is 9.78. The summed E-state index contributed by atoms with van der Waals surface area (Å²) in [7, 11) is 0. The molecule has 0 bridgehead atoms. The molecule has 0 aliphatic carbocycles. The molecule has 0 amide bonds. The molecule has 0 heterocycles. The summed E-state index contributed by atoms with van der Waals surface area (Å²) in [5.41, 5.74) is 0. The third-order valence-electron chi connectivity index (χ3n) is 5.07. The molecule has 0 fully saturated rings. The fourth-order valence-corrected chi connectivity index (χ4v) is 2.97. The lowest BCUT2D eigenvalue weighted by molar-refractivity contribution is 0.227. The van der Waals surface area contributed by atoms with E-state index < -0.39 is 0 Å². The molecule has 0 aliphatic rings. The summed E-state index contributed by atoms with van der Waals surface area (Å²) < 4.78 is 0. The average molecular weight is 255 g/mol. The van der Waals surface area contributed by atoms with Crippen LogP contribution in [0.4, 0.5) is 0 Å². The highest BCUT2D eigenvalue weighted by Gasteiger charge is 2.20. The molecule has 0 aromatic carbocycles. The Kier molecular flexibility index (Phi) is 9.87. The van der Waals surface area contributed by atoms with Crippen LogP contribution in [0.15, 0.2) is 0 Å². The monoisotopic (exact) mass is 254 g/mol. The van der Waals surface area contributed by atoms with E-state index >= 15 is 0 Å². The molecule has 4 atom stereocenters. The molecule has 0 heteroatoms. The van der Waals surface area contributed by atoms with Crippen LogP contribution in [0.5, 0.6) is 0 Å². The van der Waals surface area contributed by atoms with Crippen molar-refractivity contribution in [1.29, 1.82) is 0 Å². The van der Waals surface area contributed by atoms with Gasteiger partial charge in [-0.15, -0.1) is 0 Å². The molecule has 0 rings (SSSR count). The van der Waals surface area contributed by atoms with E-state index in [0.717, 1.165) is 29.6 Å². The third kappa shape index (κ3) is 7.44. The first-order valence-electron chi connectivity index (χ1n) is 8.42. The van der Waals surface area contributed by atoms with Crippen LogP contribution in [0.3, 0.4) is 0 Å². The van der Waals surface area contributed by atoms with E-state index in [1.54, 1.807) is 0 Å². The minimum absolute atomic E-state index is 0.849. The summed E-state index contributed by atoms with van der Waals surface area (Å²) >= 11 is 0. The molecule has 0 nitrogen and oxygen atoms in total. The normalized spacial score (nSPS) is 18.7. The Bertz CT molecular complexity index is 182. The maximum Gasteiger partial charge on any atom is -0.0365 e. The number of hydrogen-bond donors (Lipinski definition) is 0. The van der Waals surface area contributed by atoms with E-state index in [9.17, 15) is 0 Å². The van der Waals surface area contributed by atoms with Crippen molar-refractivity contribution in [2.45, 2.75) is 87.0 Å². The Labute approximate surface area is 117 Å². The highest BCUT2D eigenvalue weighted by Crippen LogP contribution is 2.30. The zero-order valence-corrected chi connectivity index (χ0v) is 14.1. The summed E-state index contributed by atoms with van der Waals surface area (Å²) in [5, 5.41) is 0. The first-order valence-corrected chi connectivity index (χ1v) is 8.42. The molecule has 0 spiro atoms. The molecule has 0 radical (unpaired) electrons. The fraction of sp³-hybridized carbons (Fsp3) is 1.00. The van der Waals surface area contributed by atoms with E-state index in [4.69, 9.17) is 0 Å². The van der Waals surface area contributed by atoms with Gasteiger partial charge >= 0.3 is 0 Å². The maximum atomic E-state index is 2.45. The van der Waals surface area contributed by atoms with E-state index in [1.165, 1.54) is 38.5 Å². The van der Waals surface area contributed by atoms with Crippen molar-refractivity contribution in [3.05, 3.63) is 0 Å². The van der Waals surface area contributed by atoms with Gasteiger partial charge in [-0.05, 0) is 36.0 Å². The second kappa shape index (κ2) is 9.87. The first-order chi connectivity index (χ1) is 8.42. The second-order valence-corrected chi connectivity index (χ2v) is 7.07. The average Bonchev–Trinajstić information content (AvgIpc) is 2.35. The van der Waals surface area contributed by atoms with Crippen LogP contribution in [-0.4, -0.2) is 0 Å². The van der Waals surface area contributed by atoms with Gasteiger partial charge in [-0.1, -0.05) is 80.6 Å². The minimum Gasteiger partial charge on any atom is -0.0651 e. The van der Waals surface area contributed by atoms with E-state index in [2.05, 4.69) is 48.5 Å². The number of rotatable bonds is 10. The molecule has 0 saturated heterocycles.